The number of hydrogen-bond donors (Lipinski definition) is 1. The molecule has 3 aromatic rings. The normalized spacial score (nSPS) is 15.1. The number of fused-ring (bicyclic) bond motifs is 1. The SMILES string of the molecule is CC(C)Oc1ccc(-c2nc(-c3cccc4c3CCC4NSCCN(C)C)no2)cc1C#N. The van der Waals surface area contributed by atoms with Gasteiger partial charge in [-0.15, -0.1) is 0 Å². The van der Waals surface area contributed by atoms with Crippen LogP contribution in [0, 0.1) is 11.3 Å². The average Bonchev–Trinajstić information content (AvgIpc) is 3.44. The van der Waals surface area contributed by atoms with E-state index in [1.165, 1.54) is 11.1 Å². The highest BCUT2D eigenvalue weighted by Crippen LogP contribution is 2.38. The van der Waals surface area contributed by atoms with Crippen molar-refractivity contribution in [1.82, 2.24) is 19.8 Å². The van der Waals surface area contributed by atoms with Gasteiger partial charge in [0.15, 0.2) is 0 Å². The monoisotopic (exact) mass is 463 g/mol. The van der Waals surface area contributed by atoms with Crippen LogP contribution in [-0.4, -0.2) is 47.5 Å². The number of hydrogen-bond acceptors (Lipinski definition) is 8. The molecule has 0 saturated carbocycles. The van der Waals surface area contributed by atoms with E-state index in [0.29, 0.717) is 34.6 Å². The molecule has 1 aliphatic rings. The fourth-order valence-electron chi connectivity index (χ4n) is 3.93. The Kier molecular flexibility index (Phi) is 7.33. The summed E-state index contributed by atoms with van der Waals surface area (Å²) in [6, 6.07) is 14.2. The van der Waals surface area contributed by atoms with Gasteiger partial charge in [0, 0.05) is 29.5 Å². The van der Waals surface area contributed by atoms with Gasteiger partial charge >= 0.3 is 0 Å². The van der Waals surface area contributed by atoms with Crippen LogP contribution in [0.25, 0.3) is 22.8 Å². The number of ether oxygens (including phenoxy) is 1. The van der Waals surface area contributed by atoms with Gasteiger partial charge in [0.2, 0.25) is 5.82 Å². The molecular formula is C25H29N5O2S. The summed E-state index contributed by atoms with van der Waals surface area (Å²) in [6.07, 6.45) is 2.01. The van der Waals surface area contributed by atoms with E-state index in [0.717, 1.165) is 30.7 Å². The maximum absolute atomic E-state index is 9.51. The van der Waals surface area contributed by atoms with Gasteiger partial charge in [-0.1, -0.05) is 35.3 Å². The van der Waals surface area contributed by atoms with Gasteiger partial charge in [-0.05, 0) is 70.1 Å². The minimum Gasteiger partial charge on any atom is -0.490 e. The molecule has 1 aliphatic carbocycles. The Labute approximate surface area is 199 Å². The number of rotatable bonds is 9. The van der Waals surface area contributed by atoms with Gasteiger partial charge in [-0.25, -0.2) is 0 Å². The van der Waals surface area contributed by atoms with Crippen molar-refractivity contribution < 1.29 is 9.26 Å². The molecule has 4 rings (SSSR count). The van der Waals surface area contributed by atoms with E-state index in [-0.39, 0.29) is 6.10 Å². The molecular weight excluding hydrogens is 434 g/mol. The summed E-state index contributed by atoms with van der Waals surface area (Å²) in [6.45, 7) is 4.90. The Bertz CT molecular complexity index is 1150. The highest BCUT2D eigenvalue weighted by molar-refractivity contribution is 7.97. The number of nitriles is 1. The molecule has 0 radical (unpaired) electrons. The summed E-state index contributed by atoms with van der Waals surface area (Å²) in [5.74, 6) is 2.56. The first-order valence-corrected chi connectivity index (χ1v) is 12.1. The molecule has 1 atom stereocenters. The zero-order chi connectivity index (χ0) is 23.4. The molecule has 0 amide bonds. The summed E-state index contributed by atoms with van der Waals surface area (Å²) in [5.41, 5.74) is 4.73. The van der Waals surface area contributed by atoms with Crippen LogP contribution in [0.1, 0.15) is 43.0 Å². The van der Waals surface area contributed by atoms with Crippen molar-refractivity contribution in [2.75, 3.05) is 26.4 Å². The molecule has 7 nitrogen and oxygen atoms in total. The van der Waals surface area contributed by atoms with E-state index < -0.39 is 0 Å². The predicted molar refractivity (Wildman–Crippen MR) is 131 cm³/mol. The average molecular weight is 464 g/mol. The lowest BCUT2D eigenvalue weighted by atomic mass is 10.0. The molecule has 0 spiro atoms. The van der Waals surface area contributed by atoms with E-state index >= 15 is 0 Å². The maximum atomic E-state index is 9.51. The van der Waals surface area contributed by atoms with Crippen LogP contribution < -0.4 is 9.46 Å². The minimum absolute atomic E-state index is 0.0113. The fourth-order valence-corrected chi connectivity index (χ4v) is 4.95. The lowest BCUT2D eigenvalue weighted by molar-refractivity contribution is 0.241. The largest absolute Gasteiger partial charge is 0.490 e. The minimum atomic E-state index is -0.0113. The summed E-state index contributed by atoms with van der Waals surface area (Å²) >= 11 is 1.78. The first kappa shape index (κ1) is 23.3. The van der Waals surface area contributed by atoms with Crippen molar-refractivity contribution in [3.05, 3.63) is 53.1 Å². The zero-order valence-corrected chi connectivity index (χ0v) is 20.3. The third kappa shape index (κ3) is 5.38. The second kappa shape index (κ2) is 10.4. The van der Waals surface area contributed by atoms with Crippen molar-refractivity contribution in [2.24, 2.45) is 0 Å². The molecule has 0 aliphatic heterocycles. The van der Waals surface area contributed by atoms with Gasteiger partial charge < -0.3 is 14.2 Å². The van der Waals surface area contributed by atoms with Crippen LogP contribution in [0.3, 0.4) is 0 Å². The van der Waals surface area contributed by atoms with Gasteiger partial charge in [0.1, 0.15) is 11.8 Å². The molecule has 0 bridgehead atoms. The van der Waals surface area contributed by atoms with Gasteiger partial charge in [-0.3, -0.25) is 4.72 Å². The Morgan fingerprint density at radius 2 is 2.15 bits per heavy atom. The van der Waals surface area contributed by atoms with Crippen LogP contribution >= 0.6 is 11.9 Å². The highest BCUT2D eigenvalue weighted by Gasteiger charge is 2.26. The summed E-state index contributed by atoms with van der Waals surface area (Å²) in [7, 11) is 4.18. The van der Waals surface area contributed by atoms with Gasteiger partial charge in [0.05, 0.1) is 11.7 Å². The standard InChI is InChI=1S/C25H29N5O2S/c1-16(2)31-23-11-8-17(14-18(23)15-26)25-27-24(28-32-25)21-7-5-6-20-19(21)9-10-22(20)29-33-13-12-30(3)4/h5-8,11,14,16,22,29H,9-10,12-13H2,1-4H3. The smallest absolute Gasteiger partial charge is 0.258 e. The van der Waals surface area contributed by atoms with E-state index in [1.54, 1.807) is 24.1 Å². The first-order chi connectivity index (χ1) is 16.0. The van der Waals surface area contributed by atoms with Crippen LogP contribution in [0.2, 0.25) is 0 Å². The predicted octanol–water partition coefficient (Wildman–Crippen LogP) is 4.85. The number of aromatic nitrogens is 2. The van der Waals surface area contributed by atoms with E-state index in [4.69, 9.17) is 9.26 Å². The number of nitrogens with one attached hydrogen (secondary N) is 1. The maximum Gasteiger partial charge on any atom is 0.258 e. The third-order valence-electron chi connectivity index (χ3n) is 5.51. The van der Waals surface area contributed by atoms with Crippen molar-refractivity contribution in [2.45, 2.75) is 38.8 Å². The first-order valence-electron chi connectivity index (χ1n) is 11.2. The van der Waals surface area contributed by atoms with Crippen LogP contribution in [-0.2, 0) is 6.42 Å². The van der Waals surface area contributed by atoms with Crippen molar-refractivity contribution in [1.29, 1.82) is 5.26 Å². The Balaban J connectivity index is 1.54. The zero-order valence-electron chi connectivity index (χ0n) is 19.5. The molecule has 33 heavy (non-hydrogen) atoms. The summed E-state index contributed by atoms with van der Waals surface area (Å²) < 4.78 is 14.9. The molecule has 1 aromatic heterocycles. The summed E-state index contributed by atoms with van der Waals surface area (Å²) in [5, 5.41) is 13.8. The summed E-state index contributed by atoms with van der Waals surface area (Å²) in [4.78, 5) is 6.84. The molecule has 2 aromatic carbocycles. The van der Waals surface area contributed by atoms with E-state index in [1.807, 2.05) is 19.9 Å². The quantitative estimate of drug-likeness (QED) is 0.356. The molecule has 1 heterocycles. The van der Waals surface area contributed by atoms with Crippen LogP contribution in [0.15, 0.2) is 40.9 Å². The van der Waals surface area contributed by atoms with Gasteiger partial charge in [-0.2, -0.15) is 10.2 Å². The van der Waals surface area contributed by atoms with Crippen molar-refractivity contribution in [3.63, 3.8) is 0 Å². The molecule has 1 N–H and O–H groups in total. The van der Waals surface area contributed by atoms with E-state index in [2.05, 4.69) is 58.1 Å². The topological polar surface area (TPSA) is 87.2 Å². The third-order valence-corrected chi connectivity index (χ3v) is 6.35. The highest BCUT2D eigenvalue weighted by atomic mass is 32.2. The number of nitrogens with zero attached hydrogens (tertiary/aromatic N) is 4. The lowest BCUT2D eigenvalue weighted by Crippen LogP contribution is -2.18. The van der Waals surface area contributed by atoms with Crippen LogP contribution in [0.5, 0.6) is 5.75 Å². The Hall–Kier alpha value is -2.86. The van der Waals surface area contributed by atoms with Crippen LogP contribution in [0.4, 0.5) is 0 Å². The Morgan fingerprint density at radius 1 is 1.30 bits per heavy atom. The fraction of sp³-hybridized carbons (Fsp3) is 0.400. The van der Waals surface area contributed by atoms with Gasteiger partial charge in [0.25, 0.3) is 5.89 Å². The number of benzene rings is 2. The molecule has 1 unspecified atom stereocenters. The Morgan fingerprint density at radius 3 is 2.91 bits per heavy atom. The van der Waals surface area contributed by atoms with Crippen molar-refractivity contribution >= 4 is 11.9 Å². The molecule has 172 valence electrons. The lowest BCUT2D eigenvalue weighted by Gasteiger charge is -2.15. The molecule has 0 fully saturated rings. The second-order valence-electron chi connectivity index (χ2n) is 8.65. The van der Waals surface area contributed by atoms with E-state index in [9.17, 15) is 5.26 Å². The second-order valence-corrected chi connectivity index (χ2v) is 9.58. The molecule has 0 saturated heterocycles. The molecule has 8 heteroatoms. The van der Waals surface area contributed by atoms with Crippen molar-refractivity contribution in [3.8, 4) is 34.7 Å².